The first-order valence-corrected chi connectivity index (χ1v) is 10.6. The number of para-hydroxylation sites is 1. The highest BCUT2D eigenvalue weighted by Crippen LogP contribution is 2.47. The number of aromatic hydroxyl groups is 2. The van der Waals surface area contributed by atoms with Crippen LogP contribution in [0.1, 0.15) is 23.5 Å². The smallest absolute Gasteiger partial charge is 0.341 e. The molecule has 3 aromatic carbocycles. The summed E-state index contributed by atoms with van der Waals surface area (Å²) in [6, 6.07) is 13.8. The van der Waals surface area contributed by atoms with Gasteiger partial charge in [-0.15, -0.1) is 0 Å². The molecule has 9 nitrogen and oxygen atoms in total. The van der Waals surface area contributed by atoms with Crippen LogP contribution in [0, 0.1) is 0 Å². The molecule has 0 bridgehead atoms. The lowest BCUT2D eigenvalue weighted by molar-refractivity contribution is -0.139. The number of phenols is 2. The van der Waals surface area contributed by atoms with Gasteiger partial charge in [0.2, 0.25) is 5.43 Å². The number of esters is 1. The van der Waals surface area contributed by atoms with Gasteiger partial charge < -0.3 is 29.2 Å². The van der Waals surface area contributed by atoms with E-state index in [0.29, 0.717) is 16.7 Å². The van der Waals surface area contributed by atoms with Crippen molar-refractivity contribution in [1.29, 1.82) is 0 Å². The molecule has 0 amide bonds. The highest BCUT2D eigenvalue weighted by atomic mass is 16.5. The minimum atomic E-state index is -1.16. The molecule has 35 heavy (non-hydrogen) atoms. The van der Waals surface area contributed by atoms with Crippen molar-refractivity contribution >= 4 is 22.9 Å². The molecule has 1 atom stereocenters. The summed E-state index contributed by atoms with van der Waals surface area (Å²) in [7, 11) is 0. The largest absolute Gasteiger partial charge is 0.508 e. The van der Waals surface area contributed by atoms with Crippen LogP contribution in [-0.4, -0.2) is 33.9 Å². The summed E-state index contributed by atoms with van der Waals surface area (Å²) in [6.07, 6.45) is 1.13. The van der Waals surface area contributed by atoms with Gasteiger partial charge in [0.05, 0.1) is 12.0 Å². The average molecular weight is 474 g/mol. The maximum Gasteiger partial charge on any atom is 0.341 e. The van der Waals surface area contributed by atoms with Crippen molar-refractivity contribution in [1.82, 2.24) is 0 Å². The predicted molar refractivity (Wildman–Crippen MR) is 123 cm³/mol. The van der Waals surface area contributed by atoms with Crippen LogP contribution >= 0.6 is 0 Å². The van der Waals surface area contributed by atoms with Gasteiger partial charge in [-0.25, -0.2) is 4.79 Å². The summed E-state index contributed by atoms with van der Waals surface area (Å²) < 4.78 is 16.7. The minimum absolute atomic E-state index is 0.0317. The van der Waals surface area contributed by atoms with E-state index in [4.69, 9.17) is 19.0 Å². The molecule has 2 heterocycles. The Hall–Kier alpha value is -4.79. The van der Waals surface area contributed by atoms with Gasteiger partial charge in [0.1, 0.15) is 40.2 Å². The van der Waals surface area contributed by atoms with E-state index in [-0.39, 0.29) is 40.2 Å². The lowest BCUT2D eigenvalue weighted by atomic mass is 9.84. The molecule has 0 saturated heterocycles. The summed E-state index contributed by atoms with van der Waals surface area (Å²) in [5, 5.41) is 29.2. The Labute approximate surface area is 197 Å². The average Bonchev–Trinajstić information content (AvgIpc) is 2.83. The number of aliphatic carboxylic acids is 1. The van der Waals surface area contributed by atoms with Crippen molar-refractivity contribution in [2.75, 3.05) is 6.61 Å². The number of carbonyl (C=O) groups is 2. The zero-order valence-electron chi connectivity index (χ0n) is 18.1. The van der Waals surface area contributed by atoms with Crippen LogP contribution in [0.25, 0.3) is 22.1 Å². The van der Waals surface area contributed by atoms with Gasteiger partial charge in [0.15, 0.2) is 6.61 Å². The molecule has 1 unspecified atom stereocenters. The van der Waals surface area contributed by atoms with Crippen molar-refractivity contribution in [3.8, 4) is 34.1 Å². The van der Waals surface area contributed by atoms with Crippen LogP contribution in [0.15, 0.2) is 70.1 Å². The third-order valence-corrected chi connectivity index (χ3v) is 5.79. The molecule has 1 aliphatic heterocycles. The van der Waals surface area contributed by atoms with Crippen LogP contribution in [0.5, 0.6) is 23.0 Å². The van der Waals surface area contributed by atoms with Crippen LogP contribution < -0.4 is 14.9 Å². The summed E-state index contributed by atoms with van der Waals surface area (Å²) >= 11 is 0. The Bertz CT molecular complexity index is 1530. The van der Waals surface area contributed by atoms with E-state index in [1.807, 2.05) is 0 Å². The molecule has 0 fully saturated rings. The highest BCUT2D eigenvalue weighted by Gasteiger charge is 2.35. The number of ether oxygens (including phenoxy) is 2. The van der Waals surface area contributed by atoms with Crippen molar-refractivity contribution in [2.24, 2.45) is 0 Å². The number of rotatable bonds is 5. The van der Waals surface area contributed by atoms with Crippen LogP contribution in [-0.2, 0) is 9.59 Å². The third-order valence-electron chi connectivity index (χ3n) is 5.79. The molecule has 0 aliphatic carbocycles. The second kappa shape index (κ2) is 8.53. The lowest BCUT2D eigenvalue weighted by Gasteiger charge is -2.27. The second-order valence-corrected chi connectivity index (χ2v) is 7.99. The number of benzene rings is 3. The Morgan fingerprint density at radius 3 is 2.54 bits per heavy atom. The topological polar surface area (TPSA) is 144 Å². The molecule has 0 saturated carbocycles. The number of hydrogen-bond donors (Lipinski definition) is 3. The quantitative estimate of drug-likeness (QED) is 0.291. The first kappa shape index (κ1) is 22.0. The Kier molecular flexibility index (Phi) is 5.37. The molecule has 1 aliphatic rings. The molecule has 9 heteroatoms. The first-order valence-electron chi connectivity index (χ1n) is 10.6. The number of fused-ring (bicyclic) bond motifs is 3. The molecular weight excluding hydrogens is 456 g/mol. The molecule has 4 aromatic rings. The zero-order chi connectivity index (χ0) is 24.7. The van der Waals surface area contributed by atoms with E-state index in [2.05, 4.69) is 0 Å². The van der Waals surface area contributed by atoms with E-state index in [1.165, 1.54) is 24.5 Å². The van der Waals surface area contributed by atoms with Gasteiger partial charge in [-0.3, -0.25) is 9.59 Å². The number of carboxylic acid groups (broad SMARTS) is 1. The minimum Gasteiger partial charge on any atom is -0.508 e. The van der Waals surface area contributed by atoms with Gasteiger partial charge >= 0.3 is 11.9 Å². The maximum absolute atomic E-state index is 13.4. The van der Waals surface area contributed by atoms with Gasteiger partial charge in [0.25, 0.3) is 0 Å². The summed E-state index contributed by atoms with van der Waals surface area (Å²) in [5.74, 6) is -2.53. The van der Waals surface area contributed by atoms with Crippen LogP contribution in [0.2, 0.25) is 0 Å². The monoisotopic (exact) mass is 474 g/mol. The van der Waals surface area contributed by atoms with Gasteiger partial charge in [-0.05, 0) is 23.8 Å². The number of hydrogen-bond acceptors (Lipinski definition) is 8. The van der Waals surface area contributed by atoms with Crippen LogP contribution in [0.3, 0.4) is 0 Å². The molecular formula is C26H18O9. The number of carboxylic acids is 1. The van der Waals surface area contributed by atoms with Crippen molar-refractivity contribution in [3.63, 3.8) is 0 Å². The Morgan fingerprint density at radius 1 is 1.06 bits per heavy atom. The van der Waals surface area contributed by atoms with E-state index in [0.717, 1.165) is 0 Å². The molecule has 176 valence electrons. The zero-order valence-corrected chi connectivity index (χ0v) is 18.1. The van der Waals surface area contributed by atoms with E-state index < -0.39 is 35.6 Å². The van der Waals surface area contributed by atoms with Crippen molar-refractivity contribution < 1.29 is 38.8 Å². The molecule has 1 aromatic heterocycles. The molecule has 3 N–H and O–H groups in total. The highest BCUT2D eigenvalue weighted by molar-refractivity contribution is 5.94. The van der Waals surface area contributed by atoms with Crippen molar-refractivity contribution in [2.45, 2.75) is 12.3 Å². The van der Waals surface area contributed by atoms with E-state index in [9.17, 15) is 24.6 Å². The fourth-order valence-electron chi connectivity index (χ4n) is 4.28. The number of carbonyl (C=O) groups excluding carboxylic acids is 1. The third kappa shape index (κ3) is 3.93. The maximum atomic E-state index is 13.4. The Morgan fingerprint density at radius 2 is 1.80 bits per heavy atom. The molecule has 0 radical (unpaired) electrons. The fraction of sp³-hybridized carbons (Fsp3) is 0.115. The lowest BCUT2D eigenvalue weighted by Crippen LogP contribution is -2.23. The van der Waals surface area contributed by atoms with Gasteiger partial charge in [-0.2, -0.15) is 0 Å². The standard InChI is InChI=1S/C26H18O9/c27-14-7-5-13(6-8-14)17-11-34-26-23-16(15-3-1-2-4-19(15)33-12-21(29)30)9-22(31)35-20(23)10-18(28)24(26)25(17)32/h1-8,10-11,16,27-28H,9,12H2,(H,29,30). The van der Waals surface area contributed by atoms with Gasteiger partial charge in [0, 0.05) is 23.1 Å². The van der Waals surface area contributed by atoms with Gasteiger partial charge in [-0.1, -0.05) is 30.3 Å². The predicted octanol–water partition coefficient (Wildman–Crippen LogP) is 3.78. The number of phenolic OH excluding ortho intramolecular Hbond substituents is 2. The first-order chi connectivity index (χ1) is 16.8. The SMILES string of the molecule is O=C(O)COc1ccccc1C1CC(=O)Oc2cc(O)c3c(=O)c(-c4ccc(O)cc4)coc3c21. The van der Waals surface area contributed by atoms with E-state index >= 15 is 0 Å². The molecule has 0 spiro atoms. The molecule has 5 rings (SSSR count). The summed E-state index contributed by atoms with van der Waals surface area (Å²) in [4.78, 5) is 36.8. The van der Waals surface area contributed by atoms with Crippen molar-refractivity contribution in [3.05, 3.63) is 82.2 Å². The van der Waals surface area contributed by atoms with E-state index in [1.54, 1.807) is 36.4 Å². The normalized spacial score (nSPS) is 14.9. The Balaban J connectivity index is 1.73. The second-order valence-electron chi connectivity index (χ2n) is 7.99. The van der Waals surface area contributed by atoms with Crippen LogP contribution in [0.4, 0.5) is 0 Å². The summed E-state index contributed by atoms with van der Waals surface area (Å²) in [5.41, 5.74) is 1.04. The fourth-order valence-corrected chi connectivity index (χ4v) is 4.28. The summed E-state index contributed by atoms with van der Waals surface area (Å²) in [6.45, 7) is -0.581.